The predicted octanol–water partition coefficient (Wildman–Crippen LogP) is 3.87. The molecule has 3 aromatic rings. The topological polar surface area (TPSA) is 39.7 Å². The summed E-state index contributed by atoms with van der Waals surface area (Å²) < 4.78 is 14.2. The third kappa shape index (κ3) is 3.65. The van der Waals surface area contributed by atoms with Crippen LogP contribution in [0.3, 0.4) is 0 Å². The van der Waals surface area contributed by atoms with Gasteiger partial charge in [-0.25, -0.2) is 9.37 Å². The first-order valence-corrected chi connectivity index (χ1v) is 10.9. The molecule has 2 aliphatic rings. The molecule has 1 aromatic heterocycles. The molecule has 5 rings (SSSR count). The number of hydrogen-bond donors (Lipinski definition) is 0. The van der Waals surface area contributed by atoms with E-state index < -0.39 is 0 Å². The predicted molar refractivity (Wildman–Crippen MR) is 116 cm³/mol. The van der Waals surface area contributed by atoms with E-state index in [1.54, 1.807) is 6.07 Å². The molecule has 0 bridgehead atoms. The fourth-order valence-corrected chi connectivity index (χ4v) is 5.12. The number of carbonyl (C=O) groups excluding carboxylic acids is 1. The van der Waals surface area contributed by atoms with Crippen molar-refractivity contribution in [3.8, 4) is 0 Å². The van der Waals surface area contributed by atoms with Gasteiger partial charge in [-0.3, -0.25) is 4.79 Å². The summed E-state index contributed by atoms with van der Waals surface area (Å²) in [5.74, 6) is -0.0168. The summed E-state index contributed by atoms with van der Waals surface area (Å²) in [6, 6.07) is 12.5. The van der Waals surface area contributed by atoms with Gasteiger partial charge >= 0.3 is 0 Å². The Kier molecular flexibility index (Phi) is 4.80. The molecule has 3 heterocycles. The van der Waals surface area contributed by atoms with Crippen LogP contribution in [0.15, 0.2) is 42.5 Å². The Hall–Kier alpha value is -2.38. The summed E-state index contributed by atoms with van der Waals surface area (Å²) in [4.78, 5) is 23.8. The summed E-state index contributed by atoms with van der Waals surface area (Å²) in [5.41, 5.74) is 1.91. The summed E-state index contributed by atoms with van der Waals surface area (Å²) in [5, 5.41) is 1.59. The van der Waals surface area contributed by atoms with E-state index >= 15 is 0 Å². The number of piperazine rings is 1. The largest absolute Gasteiger partial charge is 0.368 e. The van der Waals surface area contributed by atoms with Crippen molar-refractivity contribution in [3.63, 3.8) is 0 Å². The first-order chi connectivity index (χ1) is 14.1. The zero-order chi connectivity index (χ0) is 20.0. The van der Waals surface area contributed by atoms with Gasteiger partial charge in [-0.05, 0) is 36.4 Å². The van der Waals surface area contributed by atoms with E-state index in [9.17, 15) is 9.18 Å². The molecule has 0 saturated carbocycles. The van der Waals surface area contributed by atoms with E-state index in [1.165, 1.54) is 23.5 Å². The van der Waals surface area contributed by atoms with Crippen LogP contribution in [-0.4, -0.2) is 55.1 Å². The molecular weight excluding hydrogens is 411 g/mol. The number of amides is 1. The van der Waals surface area contributed by atoms with Crippen molar-refractivity contribution in [1.82, 2.24) is 9.88 Å². The number of aromatic nitrogens is 1. The molecule has 1 amide bonds. The van der Waals surface area contributed by atoms with Crippen LogP contribution >= 0.6 is 22.9 Å². The molecule has 29 heavy (non-hydrogen) atoms. The maximum Gasteiger partial charge on any atom is 0.229 e. The van der Waals surface area contributed by atoms with E-state index in [0.29, 0.717) is 13.1 Å². The van der Waals surface area contributed by atoms with Crippen LogP contribution in [0.4, 0.5) is 15.2 Å². The van der Waals surface area contributed by atoms with Crippen LogP contribution in [0.1, 0.15) is 0 Å². The lowest BCUT2D eigenvalue weighted by atomic mass is 9.99. The molecule has 8 heteroatoms. The smallest absolute Gasteiger partial charge is 0.229 e. The summed E-state index contributed by atoms with van der Waals surface area (Å²) in [6.45, 7) is 4.42. The highest BCUT2D eigenvalue weighted by Gasteiger charge is 2.37. The van der Waals surface area contributed by atoms with E-state index in [4.69, 9.17) is 11.6 Å². The Balaban J connectivity index is 1.17. The fourth-order valence-electron chi connectivity index (χ4n) is 3.93. The van der Waals surface area contributed by atoms with Crippen molar-refractivity contribution in [2.24, 2.45) is 5.92 Å². The van der Waals surface area contributed by atoms with Crippen molar-refractivity contribution >= 4 is 49.9 Å². The number of halogens is 2. The van der Waals surface area contributed by atoms with Crippen LogP contribution in [-0.2, 0) is 4.79 Å². The molecule has 5 nitrogen and oxygen atoms in total. The molecule has 2 saturated heterocycles. The number of thiazole rings is 1. The van der Waals surface area contributed by atoms with Gasteiger partial charge < -0.3 is 14.7 Å². The standard InChI is InChI=1S/C21H20ClFN4OS/c22-15-2-1-3-17(10-15)25-6-8-26(9-7-25)20(28)14-12-27(13-14)21-24-18-5-4-16(23)11-19(18)29-21/h1-5,10-11,14H,6-9,12-13H2. The van der Waals surface area contributed by atoms with Gasteiger partial charge in [-0.2, -0.15) is 0 Å². The Morgan fingerprint density at radius 3 is 2.62 bits per heavy atom. The molecule has 0 aliphatic carbocycles. The Morgan fingerprint density at radius 1 is 1.07 bits per heavy atom. The first kappa shape index (κ1) is 18.6. The van der Waals surface area contributed by atoms with Gasteiger partial charge in [0.1, 0.15) is 5.82 Å². The SMILES string of the molecule is O=C(C1CN(c2nc3ccc(F)cc3s2)C1)N1CCN(c2cccc(Cl)c2)CC1. The summed E-state index contributed by atoms with van der Waals surface area (Å²) >= 11 is 7.57. The highest BCUT2D eigenvalue weighted by atomic mass is 35.5. The molecule has 0 radical (unpaired) electrons. The van der Waals surface area contributed by atoms with Crippen LogP contribution in [0.2, 0.25) is 5.02 Å². The molecular formula is C21H20ClFN4OS. The number of fused-ring (bicyclic) bond motifs is 1. The van der Waals surface area contributed by atoms with Gasteiger partial charge in [-0.1, -0.05) is 29.0 Å². The van der Waals surface area contributed by atoms with Crippen LogP contribution in [0.25, 0.3) is 10.2 Å². The summed E-state index contributed by atoms with van der Waals surface area (Å²) in [6.07, 6.45) is 0. The zero-order valence-corrected chi connectivity index (χ0v) is 17.3. The molecule has 2 aliphatic heterocycles. The number of rotatable bonds is 3. The third-order valence-corrected chi connectivity index (χ3v) is 6.92. The van der Waals surface area contributed by atoms with Gasteiger partial charge in [0.2, 0.25) is 5.91 Å². The highest BCUT2D eigenvalue weighted by molar-refractivity contribution is 7.22. The van der Waals surface area contributed by atoms with Crippen molar-refractivity contribution < 1.29 is 9.18 Å². The average Bonchev–Trinajstić information content (AvgIpc) is 3.09. The minimum Gasteiger partial charge on any atom is -0.368 e. The lowest BCUT2D eigenvalue weighted by molar-refractivity contribution is -0.136. The highest BCUT2D eigenvalue weighted by Crippen LogP contribution is 2.34. The van der Waals surface area contributed by atoms with Crippen LogP contribution < -0.4 is 9.80 Å². The molecule has 0 atom stereocenters. The van der Waals surface area contributed by atoms with Gasteiger partial charge in [0.15, 0.2) is 5.13 Å². The number of nitrogens with zero attached hydrogens (tertiary/aromatic N) is 4. The van der Waals surface area contributed by atoms with Crippen molar-refractivity contribution in [3.05, 3.63) is 53.3 Å². The fraction of sp³-hybridized carbons (Fsp3) is 0.333. The van der Waals surface area contributed by atoms with Gasteiger partial charge in [-0.15, -0.1) is 0 Å². The second-order valence-electron chi connectivity index (χ2n) is 7.50. The average molecular weight is 431 g/mol. The second-order valence-corrected chi connectivity index (χ2v) is 8.95. The van der Waals surface area contributed by atoms with Crippen molar-refractivity contribution in [1.29, 1.82) is 0 Å². The summed E-state index contributed by atoms with van der Waals surface area (Å²) in [7, 11) is 0. The van der Waals surface area contributed by atoms with Gasteiger partial charge in [0.25, 0.3) is 0 Å². The minimum atomic E-state index is -0.249. The molecule has 0 unspecified atom stereocenters. The van der Waals surface area contributed by atoms with E-state index in [0.717, 1.165) is 52.2 Å². The van der Waals surface area contributed by atoms with E-state index in [-0.39, 0.29) is 17.6 Å². The Bertz CT molecular complexity index is 1060. The number of hydrogen-bond acceptors (Lipinski definition) is 5. The Morgan fingerprint density at radius 2 is 1.86 bits per heavy atom. The normalized spacial score (nSPS) is 17.7. The lowest BCUT2D eigenvalue weighted by Crippen LogP contribution is -2.58. The van der Waals surface area contributed by atoms with E-state index in [1.807, 2.05) is 23.1 Å². The molecule has 2 aromatic carbocycles. The first-order valence-electron chi connectivity index (χ1n) is 9.67. The number of benzene rings is 2. The zero-order valence-electron chi connectivity index (χ0n) is 15.7. The lowest BCUT2D eigenvalue weighted by Gasteiger charge is -2.43. The number of carbonyl (C=O) groups is 1. The van der Waals surface area contributed by atoms with Gasteiger partial charge in [0.05, 0.1) is 16.1 Å². The maximum absolute atomic E-state index is 13.4. The maximum atomic E-state index is 13.4. The van der Waals surface area contributed by atoms with Gasteiger partial charge in [0, 0.05) is 50.0 Å². The van der Waals surface area contributed by atoms with Crippen LogP contribution in [0.5, 0.6) is 0 Å². The third-order valence-electron chi connectivity index (χ3n) is 5.61. The molecule has 0 spiro atoms. The molecule has 0 N–H and O–H groups in total. The van der Waals surface area contributed by atoms with E-state index in [2.05, 4.69) is 20.9 Å². The van der Waals surface area contributed by atoms with Crippen molar-refractivity contribution in [2.75, 3.05) is 49.1 Å². The Labute approximate surface area is 177 Å². The van der Waals surface area contributed by atoms with Crippen molar-refractivity contribution in [2.45, 2.75) is 0 Å². The minimum absolute atomic E-state index is 0.0106. The monoisotopic (exact) mass is 430 g/mol. The van der Waals surface area contributed by atoms with Crippen LogP contribution in [0, 0.1) is 11.7 Å². The number of anilines is 2. The molecule has 150 valence electrons. The second kappa shape index (κ2) is 7.46. The quantitative estimate of drug-likeness (QED) is 0.632. The molecule has 2 fully saturated rings.